The van der Waals surface area contributed by atoms with E-state index >= 15 is 0 Å². The van der Waals surface area contributed by atoms with Crippen molar-refractivity contribution >= 4 is 22.4 Å². The van der Waals surface area contributed by atoms with Crippen LogP contribution in [0.5, 0.6) is 0 Å². The predicted octanol–water partition coefficient (Wildman–Crippen LogP) is 9.24. The zero-order chi connectivity index (χ0) is 21.6. The van der Waals surface area contributed by atoms with E-state index in [4.69, 9.17) is 4.74 Å². The Bertz CT molecular complexity index is 469. The van der Waals surface area contributed by atoms with Gasteiger partial charge in [0.15, 0.2) is 0 Å². The van der Waals surface area contributed by atoms with Crippen LogP contribution in [0.4, 0.5) is 0 Å². The third-order valence-corrected chi connectivity index (χ3v) is 7.05. The molecule has 2 saturated carbocycles. The van der Waals surface area contributed by atoms with Crippen LogP contribution < -0.4 is 0 Å². The number of hydrogen-bond donors (Lipinski definition) is 0. The van der Waals surface area contributed by atoms with Gasteiger partial charge in [0.1, 0.15) is 6.10 Å². The number of ether oxygens (including phenoxy) is 1. The fourth-order valence-corrected chi connectivity index (χ4v) is 5.37. The standard InChI is InChI=1S/C19H29BrO2.C4H10.C2H6.CH4/c1-14(2)11-17(22-13-21)8-6-16-7-9-18-15(12-20)5-4-10-19(16,18)3;1-3-4-2;1-2;/h12-13,16-18H,1,4-11H2,2-3H3;3-4H2,1-2H3;1-2H3;1H4/b15-12+;;;. The van der Waals surface area contributed by atoms with Crippen molar-refractivity contribution in [1.29, 1.82) is 0 Å². The molecule has 2 nitrogen and oxygen atoms in total. The first kappa shape index (κ1) is 30.6. The van der Waals surface area contributed by atoms with Gasteiger partial charge in [-0.1, -0.05) is 82.0 Å². The lowest BCUT2D eigenvalue weighted by molar-refractivity contribution is -0.134. The van der Waals surface area contributed by atoms with E-state index in [1.54, 1.807) is 5.57 Å². The van der Waals surface area contributed by atoms with E-state index in [1.165, 1.54) is 44.9 Å². The molecule has 2 fully saturated rings. The molecule has 0 aromatic carbocycles. The van der Waals surface area contributed by atoms with E-state index < -0.39 is 0 Å². The van der Waals surface area contributed by atoms with E-state index in [0.717, 1.165) is 36.7 Å². The van der Waals surface area contributed by atoms with Gasteiger partial charge in [-0.25, -0.2) is 0 Å². The lowest BCUT2D eigenvalue weighted by atomic mass is 9.63. The molecule has 2 aliphatic rings. The van der Waals surface area contributed by atoms with Crippen LogP contribution in [-0.2, 0) is 9.53 Å². The normalized spacial score (nSPS) is 27.2. The fraction of sp³-hybridized carbons (Fsp3) is 0.808. The summed E-state index contributed by atoms with van der Waals surface area (Å²) in [7, 11) is 0. The van der Waals surface area contributed by atoms with E-state index in [0.29, 0.717) is 11.9 Å². The molecule has 0 amide bonds. The summed E-state index contributed by atoms with van der Waals surface area (Å²) in [4.78, 5) is 12.9. The molecule has 29 heavy (non-hydrogen) atoms. The van der Waals surface area contributed by atoms with Crippen LogP contribution in [0.25, 0.3) is 0 Å². The average Bonchev–Trinajstić information content (AvgIpc) is 3.03. The van der Waals surface area contributed by atoms with Crippen molar-refractivity contribution in [3.8, 4) is 0 Å². The summed E-state index contributed by atoms with van der Waals surface area (Å²) in [6, 6.07) is 0. The molecule has 0 radical (unpaired) electrons. The van der Waals surface area contributed by atoms with Crippen LogP contribution in [0, 0.1) is 17.3 Å². The Morgan fingerprint density at radius 1 is 1.31 bits per heavy atom. The highest BCUT2D eigenvalue weighted by atomic mass is 79.9. The number of rotatable bonds is 8. The van der Waals surface area contributed by atoms with Crippen LogP contribution in [0.3, 0.4) is 0 Å². The molecule has 0 aromatic heterocycles. The Kier molecular flexibility index (Phi) is 18.1. The van der Waals surface area contributed by atoms with Gasteiger partial charge in [-0.15, -0.1) is 6.58 Å². The van der Waals surface area contributed by atoms with E-state index in [-0.39, 0.29) is 13.5 Å². The van der Waals surface area contributed by atoms with Gasteiger partial charge in [-0.05, 0) is 74.1 Å². The van der Waals surface area contributed by atoms with Crippen molar-refractivity contribution in [3.05, 3.63) is 22.7 Å². The Labute approximate surface area is 191 Å². The van der Waals surface area contributed by atoms with Crippen LogP contribution in [0.1, 0.15) is 113 Å². The molecule has 0 aromatic rings. The van der Waals surface area contributed by atoms with Gasteiger partial charge in [-0.3, -0.25) is 4.79 Å². The van der Waals surface area contributed by atoms with Gasteiger partial charge < -0.3 is 4.74 Å². The Hall–Kier alpha value is -0.570. The Morgan fingerprint density at radius 2 is 1.93 bits per heavy atom. The molecule has 0 bridgehead atoms. The summed E-state index contributed by atoms with van der Waals surface area (Å²) in [5, 5.41) is 0. The van der Waals surface area contributed by atoms with Crippen molar-refractivity contribution < 1.29 is 9.53 Å². The van der Waals surface area contributed by atoms with Crippen molar-refractivity contribution in [2.75, 3.05) is 0 Å². The summed E-state index contributed by atoms with van der Waals surface area (Å²) in [5.41, 5.74) is 3.13. The Morgan fingerprint density at radius 3 is 2.41 bits per heavy atom. The smallest absolute Gasteiger partial charge is 0.293 e. The zero-order valence-corrected chi connectivity index (χ0v) is 20.9. The highest BCUT2D eigenvalue weighted by Crippen LogP contribution is 2.58. The first-order valence-electron chi connectivity index (χ1n) is 11.4. The van der Waals surface area contributed by atoms with E-state index in [2.05, 4.69) is 48.3 Å². The molecule has 4 atom stereocenters. The summed E-state index contributed by atoms with van der Waals surface area (Å²) in [5.74, 6) is 1.50. The molecule has 0 N–H and O–H groups in total. The quantitative estimate of drug-likeness (QED) is 0.259. The number of carbonyl (C=O) groups excluding carboxylic acids is 1. The lowest BCUT2D eigenvalue weighted by Crippen LogP contribution is -2.33. The maximum atomic E-state index is 10.7. The second-order valence-corrected chi connectivity index (χ2v) is 8.92. The number of unbranched alkanes of at least 4 members (excludes halogenated alkanes) is 1. The molecule has 2 rings (SSSR count). The van der Waals surface area contributed by atoms with Crippen molar-refractivity contribution in [2.45, 2.75) is 119 Å². The van der Waals surface area contributed by atoms with Crippen molar-refractivity contribution in [3.63, 3.8) is 0 Å². The van der Waals surface area contributed by atoms with Gasteiger partial charge in [0.05, 0.1) is 0 Å². The second kappa shape index (κ2) is 17.1. The molecule has 4 unspecified atom stereocenters. The van der Waals surface area contributed by atoms with Gasteiger partial charge in [0, 0.05) is 6.42 Å². The van der Waals surface area contributed by atoms with Crippen LogP contribution >= 0.6 is 15.9 Å². The molecule has 2 aliphatic carbocycles. The second-order valence-electron chi connectivity index (χ2n) is 8.46. The minimum absolute atomic E-state index is 0. The number of halogens is 1. The number of allylic oxidation sites excluding steroid dienone is 1. The minimum atomic E-state index is 0. The SMILES string of the molecule is C.C=C(C)CC(CCC1CCC2/C(=C/Br)CCCC12C)OC=O.CC.CCCC. The lowest BCUT2D eigenvalue weighted by Gasteiger charge is -2.42. The Balaban J connectivity index is 0. The van der Waals surface area contributed by atoms with E-state index in [1.807, 2.05) is 20.8 Å². The third kappa shape index (κ3) is 9.85. The van der Waals surface area contributed by atoms with Gasteiger partial charge >= 0.3 is 0 Å². The number of hydrogen-bond acceptors (Lipinski definition) is 2. The predicted molar refractivity (Wildman–Crippen MR) is 133 cm³/mol. The zero-order valence-electron chi connectivity index (χ0n) is 19.4. The molecular weight excluding hydrogens is 424 g/mol. The fourth-order valence-electron chi connectivity index (χ4n) is 4.82. The summed E-state index contributed by atoms with van der Waals surface area (Å²) < 4.78 is 5.26. The molecule has 0 heterocycles. The largest absolute Gasteiger partial charge is 0.464 e. The topological polar surface area (TPSA) is 26.3 Å². The number of fused-ring (bicyclic) bond motifs is 1. The molecule has 3 heteroatoms. The molecule has 0 aliphatic heterocycles. The van der Waals surface area contributed by atoms with Crippen molar-refractivity contribution in [2.24, 2.45) is 17.3 Å². The molecule has 0 spiro atoms. The van der Waals surface area contributed by atoms with Gasteiger partial charge in [-0.2, -0.15) is 0 Å². The third-order valence-electron chi connectivity index (χ3n) is 6.46. The monoisotopic (exact) mass is 472 g/mol. The van der Waals surface area contributed by atoms with Gasteiger partial charge in [0.2, 0.25) is 0 Å². The van der Waals surface area contributed by atoms with Crippen LogP contribution in [-0.4, -0.2) is 12.6 Å². The number of carbonyl (C=O) groups is 1. The first-order valence-corrected chi connectivity index (χ1v) is 12.4. The maximum absolute atomic E-state index is 10.7. The first-order chi connectivity index (χ1) is 13.4. The highest BCUT2D eigenvalue weighted by Gasteiger charge is 2.48. The molecule has 0 saturated heterocycles. The molecular formula is C26H49BrO2. The van der Waals surface area contributed by atoms with Crippen LogP contribution in [0.2, 0.25) is 0 Å². The van der Waals surface area contributed by atoms with Crippen LogP contribution in [0.15, 0.2) is 22.7 Å². The summed E-state index contributed by atoms with van der Waals surface area (Å²) >= 11 is 3.57. The van der Waals surface area contributed by atoms with E-state index in [9.17, 15) is 4.79 Å². The molecule has 172 valence electrons. The van der Waals surface area contributed by atoms with Gasteiger partial charge in [0.25, 0.3) is 6.47 Å². The van der Waals surface area contributed by atoms with Crippen molar-refractivity contribution in [1.82, 2.24) is 0 Å². The maximum Gasteiger partial charge on any atom is 0.293 e. The minimum Gasteiger partial charge on any atom is -0.464 e. The summed E-state index contributed by atoms with van der Waals surface area (Å²) in [6.45, 7) is 17.4. The highest BCUT2D eigenvalue weighted by molar-refractivity contribution is 9.11. The summed E-state index contributed by atoms with van der Waals surface area (Å²) in [6.07, 6.45) is 12.1. The average molecular weight is 474 g/mol.